The fourth-order valence-corrected chi connectivity index (χ4v) is 1.71. The lowest BCUT2D eigenvalue weighted by Gasteiger charge is -2.06. The van der Waals surface area contributed by atoms with Gasteiger partial charge in [-0.1, -0.05) is 34.1 Å². The van der Waals surface area contributed by atoms with Crippen molar-refractivity contribution in [2.24, 2.45) is 0 Å². The number of benzene rings is 1. The van der Waals surface area contributed by atoms with E-state index in [1.807, 2.05) is 31.2 Å². The highest BCUT2D eigenvalue weighted by molar-refractivity contribution is 9.10. The van der Waals surface area contributed by atoms with Crippen molar-refractivity contribution < 1.29 is 4.74 Å². The van der Waals surface area contributed by atoms with Crippen LogP contribution >= 0.6 is 28.1 Å². The van der Waals surface area contributed by atoms with Gasteiger partial charge in [-0.15, -0.1) is 0 Å². The standard InChI is InChI=1S/C10H11BrOS/c1-2-12-10(13)7-8-5-3-4-6-9(8)11/h3-6H,2,7H2,1H3. The maximum Gasteiger partial charge on any atom is 0.164 e. The first-order chi connectivity index (χ1) is 6.24. The average Bonchev–Trinajstić information content (AvgIpc) is 2.09. The summed E-state index contributed by atoms with van der Waals surface area (Å²) in [5.74, 6) is 0. The van der Waals surface area contributed by atoms with Gasteiger partial charge in [-0.25, -0.2) is 0 Å². The highest BCUT2D eigenvalue weighted by Gasteiger charge is 2.02. The summed E-state index contributed by atoms with van der Waals surface area (Å²) >= 11 is 8.51. The van der Waals surface area contributed by atoms with Gasteiger partial charge in [0.05, 0.1) is 6.61 Å². The van der Waals surface area contributed by atoms with Gasteiger partial charge in [-0.3, -0.25) is 0 Å². The molecule has 0 saturated heterocycles. The van der Waals surface area contributed by atoms with E-state index in [4.69, 9.17) is 17.0 Å². The smallest absolute Gasteiger partial charge is 0.164 e. The Morgan fingerprint density at radius 2 is 2.15 bits per heavy atom. The Kier molecular flexibility index (Phi) is 4.39. The topological polar surface area (TPSA) is 9.23 Å². The SMILES string of the molecule is CCOC(=S)Cc1ccccc1Br. The monoisotopic (exact) mass is 258 g/mol. The normalized spacial score (nSPS) is 9.69. The molecule has 0 aromatic heterocycles. The second-order valence-electron chi connectivity index (χ2n) is 2.57. The van der Waals surface area contributed by atoms with Gasteiger partial charge in [0.25, 0.3) is 0 Å². The van der Waals surface area contributed by atoms with E-state index in [9.17, 15) is 0 Å². The molecule has 1 rings (SSSR count). The Balaban J connectivity index is 2.63. The molecule has 0 fully saturated rings. The Morgan fingerprint density at radius 1 is 1.46 bits per heavy atom. The van der Waals surface area contributed by atoms with Crippen molar-refractivity contribution in [2.45, 2.75) is 13.3 Å². The number of hydrogen-bond donors (Lipinski definition) is 0. The fraction of sp³-hybridized carbons (Fsp3) is 0.300. The number of rotatable bonds is 3. The van der Waals surface area contributed by atoms with E-state index in [0.29, 0.717) is 18.1 Å². The van der Waals surface area contributed by atoms with Crippen molar-refractivity contribution in [1.82, 2.24) is 0 Å². The first kappa shape index (κ1) is 10.7. The van der Waals surface area contributed by atoms with Gasteiger partial charge < -0.3 is 4.74 Å². The lowest BCUT2D eigenvalue weighted by atomic mass is 10.2. The van der Waals surface area contributed by atoms with Crippen LogP contribution < -0.4 is 0 Å². The molecule has 1 aromatic rings. The zero-order chi connectivity index (χ0) is 9.68. The molecule has 13 heavy (non-hydrogen) atoms. The molecule has 0 bridgehead atoms. The van der Waals surface area contributed by atoms with Crippen molar-refractivity contribution in [1.29, 1.82) is 0 Å². The molecule has 1 aromatic carbocycles. The molecule has 0 aliphatic heterocycles. The third kappa shape index (κ3) is 3.44. The highest BCUT2D eigenvalue weighted by Crippen LogP contribution is 2.16. The van der Waals surface area contributed by atoms with Crippen LogP contribution in [0.1, 0.15) is 12.5 Å². The van der Waals surface area contributed by atoms with Gasteiger partial charge in [0.15, 0.2) is 5.05 Å². The molecule has 0 heterocycles. The quantitative estimate of drug-likeness (QED) is 0.770. The lowest BCUT2D eigenvalue weighted by molar-refractivity contribution is 0.329. The van der Waals surface area contributed by atoms with Gasteiger partial charge in [-0.2, -0.15) is 0 Å². The van der Waals surface area contributed by atoms with Crippen LogP contribution in [-0.4, -0.2) is 11.7 Å². The number of halogens is 1. The summed E-state index contributed by atoms with van der Waals surface area (Å²) in [5.41, 5.74) is 1.17. The van der Waals surface area contributed by atoms with Crippen LogP contribution in [-0.2, 0) is 11.2 Å². The predicted octanol–water partition coefficient (Wildman–Crippen LogP) is 3.36. The highest BCUT2D eigenvalue weighted by atomic mass is 79.9. The van der Waals surface area contributed by atoms with Crippen LogP contribution in [0.3, 0.4) is 0 Å². The second-order valence-corrected chi connectivity index (χ2v) is 3.88. The van der Waals surface area contributed by atoms with Crippen molar-refractivity contribution in [3.63, 3.8) is 0 Å². The summed E-state index contributed by atoms with van der Waals surface area (Å²) in [4.78, 5) is 0. The van der Waals surface area contributed by atoms with Gasteiger partial charge in [0, 0.05) is 10.9 Å². The second kappa shape index (κ2) is 5.35. The first-order valence-corrected chi connectivity index (χ1v) is 5.33. The third-order valence-corrected chi connectivity index (χ3v) is 2.63. The van der Waals surface area contributed by atoms with E-state index >= 15 is 0 Å². The van der Waals surface area contributed by atoms with E-state index in [-0.39, 0.29) is 0 Å². The summed E-state index contributed by atoms with van der Waals surface area (Å²) in [6.07, 6.45) is 0.699. The molecule has 0 unspecified atom stereocenters. The van der Waals surface area contributed by atoms with E-state index in [0.717, 1.165) is 4.47 Å². The Labute approximate surface area is 92.2 Å². The Bertz CT molecular complexity index is 299. The molecule has 0 N–H and O–H groups in total. The molecular weight excluding hydrogens is 248 g/mol. The van der Waals surface area contributed by atoms with E-state index in [2.05, 4.69) is 15.9 Å². The van der Waals surface area contributed by atoms with Crippen LogP contribution in [0.15, 0.2) is 28.7 Å². The molecular formula is C10H11BrOS. The van der Waals surface area contributed by atoms with Crippen molar-refractivity contribution in [2.75, 3.05) is 6.61 Å². The summed E-state index contributed by atoms with van der Waals surface area (Å²) in [6, 6.07) is 8.02. The summed E-state index contributed by atoms with van der Waals surface area (Å²) in [7, 11) is 0. The van der Waals surface area contributed by atoms with Crippen LogP contribution in [0, 0.1) is 0 Å². The maximum absolute atomic E-state index is 5.21. The van der Waals surface area contributed by atoms with Gasteiger partial charge in [-0.05, 0) is 30.8 Å². The molecule has 0 amide bonds. The minimum atomic E-state index is 0.642. The lowest BCUT2D eigenvalue weighted by Crippen LogP contribution is -2.05. The van der Waals surface area contributed by atoms with Crippen LogP contribution in [0.2, 0.25) is 0 Å². The maximum atomic E-state index is 5.21. The zero-order valence-corrected chi connectivity index (χ0v) is 9.82. The average molecular weight is 259 g/mol. The first-order valence-electron chi connectivity index (χ1n) is 4.13. The fourth-order valence-electron chi connectivity index (χ4n) is 1.01. The molecule has 0 spiro atoms. The van der Waals surface area contributed by atoms with Crippen LogP contribution in [0.25, 0.3) is 0 Å². The number of ether oxygens (including phenoxy) is 1. The zero-order valence-electron chi connectivity index (χ0n) is 7.42. The molecule has 0 radical (unpaired) electrons. The summed E-state index contributed by atoms with van der Waals surface area (Å²) in [5, 5.41) is 0.648. The van der Waals surface area contributed by atoms with E-state index in [1.165, 1.54) is 5.56 Å². The molecule has 0 saturated carbocycles. The van der Waals surface area contributed by atoms with E-state index < -0.39 is 0 Å². The molecule has 0 aliphatic rings. The number of thiocarbonyl (C=S) groups is 1. The van der Waals surface area contributed by atoms with Gasteiger partial charge in [0.2, 0.25) is 0 Å². The molecule has 70 valence electrons. The largest absolute Gasteiger partial charge is 0.487 e. The third-order valence-electron chi connectivity index (χ3n) is 1.60. The minimum absolute atomic E-state index is 0.642. The molecule has 1 nitrogen and oxygen atoms in total. The van der Waals surface area contributed by atoms with Crippen LogP contribution in [0.4, 0.5) is 0 Å². The van der Waals surface area contributed by atoms with Crippen molar-refractivity contribution in [3.8, 4) is 0 Å². The molecule has 3 heteroatoms. The van der Waals surface area contributed by atoms with Crippen molar-refractivity contribution >= 4 is 33.2 Å². The predicted molar refractivity (Wildman–Crippen MR) is 62.1 cm³/mol. The van der Waals surface area contributed by atoms with Crippen molar-refractivity contribution in [3.05, 3.63) is 34.3 Å². The van der Waals surface area contributed by atoms with Crippen LogP contribution in [0.5, 0.6) is 0 Å². The Hall–Kier alpha value is -0.410. The van der Waals surface area contributed by atoms with E-state index in [1.54, 1.807) is 0 Å². The van der Waals surface area contributed by atoms with Gasteiger partial charge >= 0.3 is 0 Å². The molecule has 0 atom stereocenters. The summed E-state index contributed by atoms with van der Waals surface area (Å²) in [6.45, 7) is 2.58. The molecule has 0 aliphatic carbocycles. The minimum Gasteiger partial charge on any atom is -0.487 e. The van der Waals surface area contributed by atoms with Gasteiger partial charge in [0.1, 0.15) is 0 Å². The summed E-state index contributed by atoms with van der Waals surface area (Å²) < 4.78 is 6.29. The number of hydrogen-bond acceptors (Lipinski definition) is 2. The Morgan fingerprint density at radius 3 is 2.77 bits per heavy atom.